The lowest BCUT2D eigenvalue weighted by Gasteiger charge is -2.42. The van der Waals surface area contributed by atoms with E-state index in [0.717, 1.165) is 71.0 Å². The Morgan fingerprint density at radius 1 is 0.935 bits per heavy atom. The smallest absolute Gasteiger partial charge is 0.410 e. The van der Waals surface area contributed by atoms with Gasteiger partial charge in [-0.2, -0.15) is 9.97 Å². The van der Waals surface area contributed by atoms with E-state index in [0.29, 0.717) is 36.3 Å². The summed E-state index contributed by atoms with van der Waals surface area (Å²) in [7, 11) is 0. The molecular weight excluding hydrogens is 797 g/mol. The number of ether oxygens (including phenoxy) is 4. The van der Waals surface area contributed by atoms with Gasteiger partial charge in [0, 0.05) is 43.2 Å². The van der Waals surface area contributed by atoms with Crippen LogP contribution in [0.25, 0.3) is 32.9 Å². The van der Waals surface area contributed by atoms with Gasteiger partial charge in [0.05, 0.1) is 29.3 Å². The Labute approximate surface area is 361 Å². The second-order valence-electron chi connectivity index (χ2n) is 18.7. The van der Waals surface area contributed by atoms with Crippen LogP contribution in [-0.4, -0.2) is 123 Å². The number of aromatic nitrogens is 3. The molecule has 4 aromatic rings. The molecule has 5 aliphatic rings. The average molecular weight is 852 g/mol. The van der Waals surface area contributed by atoms with Crippen LogP contribution in [0.5, 0.6) is 11.9 Å². The van der Waals surface area contributed by atoms with Gasteiger partial charge in [-0.1, -0.05) is 30.2 Å². The number of hydrogen-bond acceptors (Lipinski definition) is 11. The van der Waals surface area contributed by atoms with Crippen LogP contribution in [-0.2, 0) is 9.47 Å². The summed E-state index contributed by atoms with van der Waals surface area (Å²) in [6.45, 7) is 12.9. The van der Waals surface area contributed by atoms with Crippen molar-refractivity contribution in [1.82, 2.24) is 29.7 Å². The number of terminal acetylenes is 1. The number of fused-ring (bicyclic) bond motifs is 5. The van der Waals surface area contributed by atoms with Gasteiger partial charge < -0.3 is 28.7 Å². The van der Waals surface area contributed by atoms with Crippen molar-refractivity contribution in [3.05, 3.63) is 47.5 Å². The predicted molar refractivity (Wildman–Crippen MR) is 230 cm³/mol. The summed E-state index contributed by atoms with van der Waals surface area (Å²) in [6.07, 6.45) is 11.9. The number of hydrogen-bond donors (Lipinski definition) is 0. The molecule has 2 bridgehead atoms. The molecule has 4 atom stereocenters. The van der Waals surface area contributed by atoms with Crippen molar-refractivity contribution in [2.75, 3.05) is 50.8 Å². The Morgan fingerprint density at radius 2 is 1.69 bits per heavy atom. The monoisotopic (exact) mass is 851 g/mol. The van der Waals surface area contributed by atoms with E-state index in [1.54, 1.807) is 29.2 Å². The molecular formula is C47H55F2N7O6. The quantitative estimate of drug-likeness (QED) is 0.152. The predicted octanol–water partition coefficient (Wildman–Crippen LogP) is 8.09. The number of nitrogens with zero attached hydrogens (tertiary/aromatic N) is 7. The lowest BCUT2D eigenvalue weighted by molar-refractivity contribution is 0.0122. The topological polar surface area (TPSA) is 123 Å². The Kier molecular flexibility index (Phi) is 11.0. The van der Waals surface area contributed by atoms with Gasteiger partial charge in [-0.15, -0.1) is 6.42 Å². The van der Waals surface area contributed by atoms with Gasteiger partial charge in [0.15, 0.2) is 5.82 Å². The van der Waals surface area contributed by atoms with E-state index in [1.165, 1.54) is 6.07 Å². The minimum absolute atomic E-state index is 0.00231. The van der Waals surface area contributed by atoms with Crippen LogP contribution in [0.3, 0.4) is 0 Å². The van der Waals surface area contributed by atoms with Crippen molar-refractivity contribution in [2.45, 2.75) is 121 Å². The Balaban J connectivity index is 1.12. The first-order chi connectivity index (χ1) is 29.7. The molecule has 2 amide bonds. The average Bonchev–Trinajstić information content (AvgIpc) is 4.04. The number of likely N-dealkylation sites (tertiary alicyclic amines) is 1. The summed E-state index contributed by atoms with van der Waals surface area (Å²) in [5, 5.41) is 1.23. The van der Waals surface area contributed by atoms with E-state index in [1.807, 2.05) is 39.5 Å². The SMILES string of the molecule is C#Cc1c(F)ccc2cccc(-c3nc(OC(C)C)c4c(N5CC6CCC(C5)N6C(=O)OC(C)(C)C)nc(OC[C@]56CCCN5[C@@H](COC(=O)N5CCCC5)CC6)nc4c3F)c12. The zero-order chi connectivity index (χ0) is 43.5. The first-order valence-electron chi connectivity index (χ1n) is 22.1. The minimum Gasteiger partial charge on any atom is -0.474 e. The summed E-state index contributed by atoms with van der Waals surface area (Å²) >= 11 is 0. The summed E-state index contributed by atoms with van der Waals surface area (Å²) in [5.41, 5.74) is -0.880. The fraction of sp³-hybridized carbons (Fsp3) is 0.553. The second kappa shape index (κ2) is 16.3. The summed E-state index contributed by atoms with van der Waals surface area (Å²) in [5.74, 6) is 1.58. The Bertz CT molecular complexity index is 2430. The molecule has 13 nitrogen and oxygen atoms in total. The van der Waals surface area contributed by atoms with Gasteiger partial charge >= 0.3 is 18.2 Å². The van der Waals surface area contributed by atoms with Crippen molar-refractivity contribution >= 4 is 39.7 Å². The number of amides is 2. The van der Waals surface area contributed by atoms with Crippen LogP contribution < -0.4 is 14.4 Å². The van der Waals surface area contributed by atoms with E-state index < -0.39 is 17.2 Å². The van der Waals surface area contributed by atoms with Crippen LogP contribution >= 0.6 is 0 Å². The van der Waals surface area contributed by atoms with Crippen molar-refractivity contribution in [3.63, 3.8) is 0 Å². The van der Waals surface area contributed by atoms with Gasteiger partial charge in [0.2, 0.25) is 5.88 Å². The number of halogens is 2. The van der Waals surface area contributed by atoms with E-state index in [-0.39, 0.29) is 88.2 Å². The highest BCUT2D eigenvalue weighted by molar-refractivity contribution is 6.03. The molecule has 0 spiro atoms. The first kappa shape index (κ1) is 41.8. The molecule has 2 unspecified atom stereocenters. The molecule has 5 fully saturated rings. The lowest BCUT2D eigenvalue weighted by atomic mass is 9.95. The normalized spacial score (nSPS) is 23.7. The summed E-state index contributed by atoms with van der Waals surface area (Å²) in [4.78, 5) is 49.0. The third-order valence-corrected chi connectivity index (χ3v) is 13.1. The van der Waals surface area contributed by atoms with Crippen LogP contribution in [0, 0.1) is 24.0 Å². The number of piperazine rings is 1. The van der Waals surface area contributed by atoms with Gasteiger partial charge in [0.1, 0.15) is 47.0 Å². The number of rotatable bonds is 9. The van der Waals surface area contributed by atoms with Crippen molar-refractivity contribution in [2.24, 2.45) is 0 Å². The molecule has 0 saturated carbocycles. The van der Waals surface area contributed by atoms with Crippen LogP contribution in [0.1, 0.15) is 91.5 Å². The highest BCUT2D eigenvalue weighted by Gasteiger charge is 2.51. The fourth-order valence-corrected chi connectivity index (χ4v) is 10.4. The van der Waals surface area contributed by atoms with Gasteiger partial charge in [-0.05, 0) is 104 Å². The molecule has 328 valence electrons. The molecule has 2 aromatic heterocycles. The highest BCUT2D eigenvalue weighted by Crippen LogP contribution is 2.45. The summed E-state index contributed by atoms with van der Waals surface area (Å²) in [6, 6.07) is 7.79. The summed E-state index contributed by atoms with van der Waals surface area (Å²) < 4.78 is 57.6. The fourth-order valence-electron chi connectivity index (χ4n) is 10.4. The number of carbonyl (C=O) groups is 2. The highest BCUT2D eigenvalue weighted by atomic mass is 19.1. The third-order valence-electron chi connectivity index (χ3n) is 13.1. The molecule has 0 aliphatic carbocycles. The van der Waals surface area contributed by atoms with E-state index >= 15 is 8.78 Å². The maximum absolute atomic E-state index is 17.7. The Hall–Kier alpha value is -5.49. The van der Waals surface area contributed by atoms with E-state index in [9.17, 15) is 9.59 Å². The number of carbonyl (C=O) groups excluding carboxylic acids is 2. The first-order valence-corrected chi connectivity index (χ1v) is 22.1. The molecule has 7 heterocycles. The standard InChI is InChI=1S/C47H55F2N7O6/c1-7-33-35(48)17-14-29-12-10-13-34(36(29)33)39-38(49)40-37(42(50-39)61-28(2)3)41(54-24-30-15-16-31(25-54)56(30)45(58)62-46(4,5)6)52-43(51-40)60-27-47-19-11-23-55(47)32(18-20-47)26-59-44(57)53-21-8-9-22-53/h1,10,12-14,17,28,30-32H,8-9,11,15-16,18-27H2,2-6H3/t30?,31?,32-,47-/m1/s1. The molecule has 5 saturated heterocycles. The van der Waals surface area contributed by atoms with Crippen LogP contribution in [0.4, 0.5) is 24.2 Å². The molecule has 9 rings (SSSR count). The number of benzene rings is 2. The van der Waals surface area contributed by atoms with E-state index in [2.05, 4.69) is 15.7 Å². The maximum atomic E-state index is 17.7. The largest absolute Gasteiger partial charge is 0.474 e. The maximum Gasteiger partial charge on any atom is 0.410 e. The van der Waals surface area contributed by atoms with Crippen LogP contribution in [0.2, 0.25) is 0 Å². The van der Waals surface area contributed by atoms with E-state index in [4.69, 9.17) is 40.3 Å². The number of anilines is 1. The molecule has 0 radical (unpaired) electrons. The van der Waals surface area contributed by atoms with Crippen LogP contribution in [0.15, 0.2) is 30.3 Å². The van der Waals surface area contributed by atoms with Crippen molar-refractivity contribution in [1.29, 1.82) is 0 Å². The zero-order valence-electron chi connectivity index (χ0n) is 36.2. The zero-order valence-corrected chi connectivity index (χ0v) is 36.2. The van der Waals surface area contributed by atoms with Gasteiger partial charge in [0.25, 0.3) is 0 Å². The molecule has 5 aliphatic heterocycles. The second-order valence-corrected chi connectivity index (χ2v) is 18.7. The van der Waals surface area contributed by atoms with Gasteiger partial charge in [-0.25, -0.2) is 23.4 Å². The molecule has 0 N–H and O–H groups in total. The molecule has 62 heavy (non-hydrogen) atoms. The Morgan fingerprint density at radius 3 is 2.40 bits per heavy atom. The van der Waals surface area contributed by atoms with Crippen molar-refractivity contribution in [3.8, 4) is 35.5 Å². The minimum atomic E-state index is -0.763. The number of pyridine rings is 1. The molecule has 2 aromatic carbocycles. The molecule has 15 heteroatoms. The third kappa shape index (κ3) is 7.69. The lowest BCUT2D eigenvalue weighted by Crippen LogP contribution is -2.57. The van der Waals surface area contributed by atoms with Gasteiger partial charge in [-0.3, -0.25) is 9.80 Å². The van der Waals surface area contributed by atoms with Crippen molar-refractivity contribution < 1.29 is 37.3 Å².